The summed E-state index contributed by atoms with van der Waals surface area (Å²) in [5, 5.41) is 0. The van der Waals surface area contributed by atoms with Crippen LogP contribution < -0.4 is 4.74 Å². The van der Waals surface area contributed by atoms with Gasteiger partial charge in [-0.1, -0.05) is 6.07 Å². The number of benzene rings is 1. The highest BCUT2D eigenvalue weighted by molar-refractivity contribution is 7.87. The van der Waals surface area contributed by atoms with E-state index in [1.807, 2.05) is 0 Å². The Morgan fingerprint density at radius 2 is 1.95 bits per heavy atom. The maximum atomic E-state index is 12.8. The Balaban J connectivity index is 3.37. The van der Waals surface area contributed by atoms with E-state index in [4.69, 9.17) is 0 Å². The van der Waals surface area contributed by atoms with Crippen LogP contribution in [0.5, 0.6) is 5.75 Å². The lowest BCUT2D eigenvalue weighted by atomic mass is 10.2. The van der Waals surface area contributed by atoms with Gasteiger partial charge in [-0.3, -0.25) is 4.52 Å². The van der Waals surface area contributed by atoms with Crippen molar-refractivity contribution in [3.63, 3.8) is 0 Å². The number of alkyl halides is 3. The smallest absolute Gasteiger partial charge is 0.417 e. The summed E-state index contributed by atoms with van der Waals surface area (Å²) in [6.07, 6.45) is -4.92. The number of methoxy groups -OCH3 is 1. The fourth-order valence-corrected chi connectivity index (χ4v) is 2.63. The van der Waals surface area contributed by atoms with Gasteiger partial charge < -0.3 is 4.74 Å². The summed E-state index contributed by atoms with van der Waals surface area (Å²) in [4.78, 5) is -1.17. The van der Waals surface area contributed by atoms with Crippen LogP contribution in [0.2, 0.25) is 0 Å². The van der Waals surface area contributed by atoms with Gasteiger partial charge in [0.05, 0.1) is 12.7 Å². The van der Waals surface area contributed by atoms with Crippen molar-refractivity contribution in [2.24, 2.45) is 0 Å². The zero-order chi connectivity index (χ0) is 15.4. The van der Waals surface area contributed by atoms with Gasteiger partial charge in [-0.2, -0.15) is 21.6 Å². The van der Waals surface area contributed by atoms with Crippen molar-refractivity contribution in [3.05, 3.63) is 23.8 Å². The number of ether oxygens (including phenoxy) is 1. The Hall–Kier alpha value is -1.22. The van der Waals surface area contributed by atoms with Crippen LogP contribution in [0.1, 0.15) is 5.56 Å². The minimum Gasteiger partial charge on any atom is -0.495 e. The summed E-state index contributed by atoms with van der Waals surface area (Å²) in [5.41, 5.74) is -1.43. The van der Waals surface area contributed by atoms with Crippen LogP contribution in [-0.2, 0) is 29.6 Å². The first-order valence-corrected chi connectivity index (χ1v) is 6.96. The second-order valence-electron chi connectivity index (χ2n) is 3.23. The Morgan fingerprint density at radius 1 is 1.30 bits per heavy atom. The van der Waals surface area contributed by atoms with Gasteiger partial charge in [-0.05, 0) is 12.1 Å². The molecular weight excluding hydrogens is 324 g/mol. The quantitative estimate of drug-likeness (QED) is 0.345. The molecule has 0 aliphatic heterocycles. The fourth-order valence-electron chi connectivity index (χ4n) is 1.32. The van der Waals surface area contributed by atoms with Crippen molar-refractivity contribution < 1.29 is 39.6 Å². The molecule has 0 saturated carbocycles. The molecule has 112 valence electrons. The Morgan fingerprint density at radius 3 is 2.45 bits per heavy atom. The second-order valence-corrected chi connectivity index (χ2v) is 5.19. The van der Waals surface area contributed by atoms with Crippen molar-refractivity contribution in [3.8, 4) is 5.75 Å². The summed E-state index contributed by atoms with van der Waals surface area (Å²) < 4.78 is 84.9. The lowest BCUT2D eigenvalue weighted by molar-refractivity contribution is -0.140. The Bertz CT molecular complexity index is 586. The third-order valence-corrected chi connectivity index (χ3v) is 3.60. The normalized spacial score (nSPS) is 12.6. The molecule has 0 aliphatic rings. The number of halogens is 3. The summed E-state index contributed by atoms with van der Waals surface area (Å²) >= 11 is 0. The molecule has 1 aromatic carbocycles. The third-order valence-electron chi connectivity index (χ3n) is 2.06. The van der Waals surface area contributed by atoms with Crippen molar-refractivity contribution in [2.75, 3.05) is 13.9 Å². The van der Waals surface area contributed by atoms with Crippen LogP contribution in [0.4, 0.5) is 13.2 Å². The van der Waals surface area contributed by atoms with Gasteiger partial charge in [0.1, 0.15) is 10.6 Å². The molecule has 0 unspecified atom stereocenters. The van der Waals surface area contributed by atoms with E-state index in [0.717, 1.165) is 19.2 Å². The number of hydrogen-bond acceptors (Lipinski definition) is 6. The molecule has 0 spiro atoms. The van der Waals surface area contributed by atoms with Crippen LogP contribution in [0.25, 0.3) is 0 Å². The van der Waals surface area contributed by atoms with Crippen LogP contribution in [0.15, 0.2) is 23.1 Å². The summed E-state index contributed by atoms with van der Waals surface area (Å²) in [7, 11) is -4.66. The van der Waals surface area contributed by atoms with E-state index in [-0.39, 0.29) is 0 Å². The van der Waals surface area contributed by atoms with Crippen molar-refractivity contribution >= 4 is 18.8 Å². The van der Waals surface area contributed by atoms with Gasteiger partial charge in [-0.15, -0.1) is 0 Å². The molecule has 0 radical (unpaired) electrons. The molecule has 1 rings (SSSR count). The highest BCUT2D eigenvalue weighted by atomic mass is 32.2. The third kappa shape index (κ3) is 3.89. The lowest BCUT2D eigenvalue weighted by Crippen LogP contribution is -2.17. The monoisotopic (exact) mass is 332 g/mol. The van der Waals surface area contributed by atoms with E-state index >= 15 is 0 Å². The molecule has 20 heavy (non-hydrogen) atoms. The maximum Gasteiger partial charge on any atom is 0.417 e. The molecule has 0 atom stereocenters. The Labute approximate surface area is 113 Å². The lowest BCUT2D eigenvalue weighted by Gasteiger charge is -2.15. The van der Waals surface area contributed by atoms with Crippen LogP contribution in [0, 0.1) is 0 Å². The highest BCUT2D eigenvalue weighted by Crippen LogP contribution is 2.39. The average molecular weight is 332 g/mol. The Kier molecular flexibility index (Phi) is 5.46. The molecule has 0 N–H and O–H groups in total. The van der Waals surface area contributed by atoms with Gasteiger partial charge in [0.15, 0.2) is 6.79 Å². The standard InChI is InChI=1S/C9H8F3O6PS/c1-16-7-4-2-3-6(9(10,11)12)8(7)20(14,15)18-5-17-19-13/h2-4H,5H2,1H3. The van der Waals surface area contributed by atoms with E-state index in [9.17, 15) is 26.2 Å². The van der Waals surface area contributed by atoms with E-state index in [0.29, 0.717) is 6.07 Å². The highest BCUT2D eigenvalue weighted by Gasteiger charge is 2.39. The number of hydrogen-bond donors (Lipinski definition) is 0. The summed E-state index contributed by atoms with van der Waals surface area (Å²) in [5.74, 6) is -0.528. The zero-order valence-corrected chi connectivity index (χ0v) is 11.6. The molecular formula is C9H8F3O6PS. The molecule has 0 saturated heterocycles. The molecule has 11 heteroatoms. The van der Waals surface area contributed by atoms with E-state index < -0.39 is 48.0 Å². The minimum atomic E-state index is -4.92. The van der Waals surface area contributed by atoms with E-state index in [1.165, 1.54) is 0 Å². The van der Waals surface area contributed by atoms with Gasteiger partial charge in [0.2, 0.25) is 0 Å². The SMILES string of the molecule is COc1cccc(C(F)(F)F)c1S(=O)(=O)OCOP=O. The van der Waals surface area contributed by atoms with Gasteiger partial charge >= 0.3 is 25.0 Å². The predicted octanol–water partition coefficient (Wildman–Crippen LogP) is 2.60. The van der Waals surface area contributed by atoms with Gasteiger partial charge in [0.25, 0.3) is 0 Å². The summed E-state index contributed by atoms with van der Waals surface area (Å²) in [6, 6.07) is 2.61. The number of rotatable bonds is 6. The van der Waals surface area contributed by atoms with Crippen molar-refractivity contribution in [1.29, 1.82) is 0 Å². The van der Waals surface area contributed by atoms with Crippen LogP contribution in [-0.4, -0.2) is 22.3 Å². The van der Waals surface area contributed by atoms with Gasteiger partial charge in [-0.25, -0.2) is 8.75 Å². The molecule has 0 fully saturated rings. The second kappa shape index (κ2) is 6.49. The summed E-state index contributed by atoms with van der Waals surface area (Å²) in [6.45, 7) is -0.997. The first kappa shape index (κ1) is 16.8. The molecule has 0 heterocycles. The predicted molar refractivity (Wildman–Crippen MR) is 59.8 cm³/mol. The van der Waals surface area contributed by atoms with Crippen LogP contribution in [0.3, 0.4) is 0 Å². The van der Waals surface area contributed by atoms with Crippen LogP contribution >= 0.6 is 8.69 Å². The largest absolute Gasteiger partial charge is 0.495 e. The zero-order valence-electron chi connectivity index (χ0n) is 9.88. The molecule has 0 bridgehead atoms. The minimum absolute atomic E-state index is 0.528. The van der Waals surface area contributed by atoms with Crippen molar-refractivity contribution in [2.45, 2.75) is 11.1 Å². The average Bonchev–Trinajstić information content (AvgIpc) is 2.37. The molecule has 0 aromatic heterocycles. The fraction of sp³-hybridized carbons (Fsp3) is 0.333. The molecule has 0 amide bonds. The maximum absolute atomic E-state index is 12.8. The van der Waals surface area contributed by atoms with Gasteiger partial charge in [0, 0.05) is 0 Å². The first-order chi connectivity index (χ1) is 9.24. The molecule has 1 aromatic rings. The molecule has 0 aliphatic carbocycles. The van der Waals surface area contributed by atoms with E-state index in [1.54, 1.807) is 0 Å². The van der Waals surface area contributed by atoms with Crippen molar-refractivity contribution in [1.82, 2.24) is 0 Å². The molecule has 6 nitrogen and oxygen atoms in total. The topological polar surface area (TPSA) is 78.9 Å². The first-order valence-electron chi connectivity index (χ1n) is 4.82. The van der Waals surface area contributed by atoms with E-state index in [2.05, 4.69) is 13.4 Å².